The van der Waals surface area contributed by atoms with Crippen LogP contribution in [0.4, 0.5) is 0 Å². The second-order valence-corrected chi connectivity index (χ2v) is 15.6. The molecule has 1 aromatic heterocycles. The molecule has 1 unspecified atom stereocenters. The van der Waals surface area contributed by atoms with Crippen molar-refractivity contribution in [3.05, 3.63) is 105 Å². The number of hydrogen-bond donors (Lipinski definition) is 0. The van der Waals surface area contributed by atoms with Gasteiger partial charge in [0.05, 0.1) is 24.1 Å². The average Bonchev–Trinajstić information content (AvgIpc) is 3.40. The van der Waals surface area contributed by atoms with Crippen LogP contribution >= 0.6 is 38.8 Å². The highest BCUT2D eigenvalue weighted by Gasteiger charge is 2.38. The average molecular weight is 727 g/mol. The molecule has 1 aliphatic heterocycles. The molecule has 3 atom stereocenters. The normalized spacial score (nSPS) is 17.4. The van der Waals surface area contributed by atoms with Gasteiger partial charge in [-0.05, 0) is 89.2 Å². The van der Waals surface area contributed by atoms with Gasteiger partial charge in [-0.15, -0.1) is 0 Å². The fourth-order valence-corrected chi connectivity index (χ4v) is 11.6. The minimum Gasteiger partial charge on any atom is -0.497 e. The van der Waals surface area contributed by atoms with Crippen molar-refractivity contribution in [1.82, 2.24) is 0 Å². The van der Waals surface area contributed by atoms with Crippen molar-refractivity contribution in [3.8, 4) is 11.5 Å². The number of benzene rings is 4. The van der Waals surface area contributed by atoms with Crippen molar-refractivity contribution < 1.29 is 22.4 Å². The van der Waals surface area contributed by atoms with Crippen LogP contribution in [0.2, 0.25) is 0 Å². The summed E-state index contributed by atoms with van der Waals surface area (Å²) in [5.41, 5.74) is 6.43. The molecule has 0 bridgehead atoms. The maximum Gasteiger partial charge on any atom is 0.387 e. The Labute approximate surface area is 269 Å². The van der Waals surface area contributed by atoms with Crippen molar-refractivity contribution in [2.24, 2.45) is 0 Å². The molecular weight excluding hydrogens is 689 g/mol. The van der Waals surface area contributed by atoms with Crippen LogP contribution in [0.25, 0.3) is 21.9 Å². The number of unbranched alkanes of at least 4 members (excludes halogenated alkanes) is 1. The Morgan fingerprint density at radius 2 is 1.33 bits per heavy atom. The van der Waals surface area contributed by atoms with Gasteiger partial charge in [0.25, 0.3) is 0 Å². The summed E-state index contributed by atoms with van der Waals surface area (Å²) in [7, 11) is 1.15. The number of rotatable bonds is 10. The number of halogens is 1. The highest BCUT2D eigenvalue weighted by Crippen LogP contribution is 2.70. The van der Waals surface area contributed by atoms with Crippen molar-refractivity contribution in [2.45, 2.75) is 50.3 Å². The number of hydrogen-bond acceptors (Lipinski definition) is 5. The van der Waals surface area contributed by atoms with E-state index in [9.17, 15) is 0 Å². The Kier molecular flexibility index (Phi) is 9.99. The predicted molar refractivity (Wildman–Crippen MR) is 187 cm³/mol. The van der Waals surface area contributed by atoms with Crippen molar-refractivity contribution in [2.75, 3.05) is 20.6 Å². The molecule has 0 N–H and O–H groups in total. The largest absolute Gasteiger partial charge is 0.497 e. The molecule has 0 radical (unpaired) electrons. The monoisotopic (exact) mass is 726 g/mol. The maximum atomic E-state index is 6.78. The summed E-state index contributed by atoms with van der Waals surface area (Å²) in [6.45, 7) is 2.21. The van der Waals surface area contributed by atoms with E-state index < -0.39 is 16.2 Å². The van der Waals surface area contributed by atoms with Gasteiger partial charge in [-0.3, -0.25) is 4.52 Å². The summed E-state index contributed by atoms with van der Waals surface area (Å²) >= 11 is 2.32. The van der Waals surface area contributed by atoms with Gasteiger partial charge in [0, 0.05) is 22.1 Å². The fourth-order valence-electron chi connectivity index (χ4n) is 6.06. The van der Waals surface area contributed by atoms with E-state index in [0.29, 0.717) is 17.7 Å². The SMILES string of the molecule is CCCCc1cc(OC)cc2c1op(OCP1[C@H](c3ccccc3)CC[C@H]1c1ccccc1)oc1c(I)cc(OC)cc12. The van der Waals surface area contributed by atoms with Gasteiger partial charge in [-0.1, -0.05) is 81.9 Å². The van der Waals surface area contributed by atoms with Gasteiger partial charge in [0.15, 0.2) is 5.58 Å². The summed E-state index contributed by atoms with van der Waals surface area (Å²) in [4.78, 5) is 0. The van der Waals surface area contributed by atoms with Crippen LogP contribution in [0.15, 0.2) is 93.3 Å². The molecule has 0 spiro atoms. The molecule has 0 saturated carbocycles. The molecule has 0 aliphatic carbocycles. The van der Waals surface area contributed by atoms with Crippen LogP contribution in [-0.2, 0) is 6.42 Å². The van der Waals surface area contributed by atoms with Crippen molar-refractivity contribution in [1.29, 1.82) is 0 Å². The minimum atomic E-state index is -1.71. The van der Waals surface area contributed by atoms with Crippen molar-refractivity contribution >= 4 is 60.7 Å². The van der Waals surface area contributed by atoms with Crippen molar-refractivity contribution in [3.63, 3.8) is 0 Å². The highest BCUT2D eigenvalue weighted by atomic mass is 127. The fraction of sp³-hybridized carbons (Fsp3) is 0.314. The van der Waals surface area contributed by atoms with E-state index in [4.69, 9.17) is 22.4 Å². The predicted octanol–water partition coefficient (Wildman–Crippen LogP) is 11.4. The lowest BCUT2D eigenvalue weighted by molar-refractivity contribution is 0.414. The molecule has 5 aromatic rings. The molecule has 4 aromatic carbocycles. The summed E-state index contributed by atoms with van der Waals surface area (Å²) < 4.78 is 32.6. The van der Waals surface area contributed by atoms with E-state index in [0.717, 1.165) is 74.7 Å². The zero-order chi connectivity index (χ0) is 29.8. The van der Waals surface area contributed by atoms with E-state index in [-0.39, 0.29) is 0 Å². The van der Waals surface area contributed by atoms with Gasteiger partial charge in [0.1, 0.15) is 17.1 Å². The first-order chi connectivity index (χ1) is 21.1. The van der Waals surface area contributed by atoms with Crippen LogP contribution in [0, 0.1) is 3.57 Å². The molecular formula is C35H37IO5P2. The maximum absolute atomic E-state index is 6.78. The van der Waals surface area contributed by atoms with Gasteiger partial charge >= 0.3 is 8.24 Å². The van der Waals surface area contributed by atoms with Crippen LogP contribution in [-0.4, -0.2) is 20.6 Å². The third-order valence-electron chi connectivity index (χ3n) is 8.24. The number of aryl methyl sites for hydroxylation is 1. The Balaban J connectivity index is 1.47. The topological polar surface area (TPSA) is 54.0 Å². The lowest BCUT2D eigenvalue weighted by atomic mass is 10.0. The summed E-state index contributed by atoms with van der Waals surface area (Å²) in [5, 5.41) is 1.88. The first kappa shape index (κ1) is 30.5. The molecule has 6 rings (SSSR count). The highest BCUT2D eigenvalue weighted by molar-refractivity contribution is 14.1. The lowest BCUT2D eigenvalue weighted by Gasteiger charge is -2.25. The van der Waals surface area contributed by atoms with E-state index in [2.05, 4.69) is 96.2 Å². The second-order valence-electron chi connectivity index (χ2n) is 10.9. The van der Waals surface area contributed by atoms with Crippen LogP contribution in [0.1, 0.15) is 60.6 Å². The van der Waals surface area contributed by atoms with Gasteiger partial charge < -0.3 is 17.9 Å². The third-order valence-corrected chi connectivity index (χ3v) is 13.4. The second kappa shape index (κ2) is 14.1. The summed E-state index contributed by atoms with van der Waals surface area (Å²) in [6, 6.07) is 30.0. The molecule has 43 heavy (non-hydrogen) atoms. The Bertz CT molecular complexity index is 1680. The summed E-state index contributed by atoms with van der Waals surface area (Å²) in [6.07, 6.45) is 5.94. The number of methoxy groups -OCH3 is 2. The van der Waals surface area contributed by atoms with E-state index >= 15 is 0 Å². The lowest BCUT2D eigenvalue weighted by Crippen LogP contribution is -2.02. The van der Waals surface area contributed by atoms with E-state index in [1.807, 2.05) is 18.2 Å². The van der Waals surface area contributed by atoms with Gasteiger partial charge in [0.2, 0.25) is 0 Å². The van der Waals surface area contributed by atoms with Crippen LogP contribution < -0.4 is 14.0 Å². The molecule has 2 heterocycles. The molecule has 1 saturated heterocycles. The molecule has 224 valence electrons. The summed E-state index contributed by atoms with van der Waals surface area (Å²) in [5.74, 6) is 1.57. The Morgan fingerprint density at radius 3 is 1.91 bits per heavy atom. The standard InChI is InChI=1S/C35H37IO5P2/c1-4-5-12-26-19-27(37-2)20-29-30-21-28(38-3)22-31(36)35(30)41-43(40-34(26)29)39-23-42-32(24-13-8-6-9-14-24)17-18-33(42)25-15-10-7-11-16-25/h6-11,13-16,19-22,32-33H,4-5,12,17-18,23H2,1-3H3/t32-,33-,43?/m0/s1. The quantitative estimate of drug-likeness (QED) is 0.106. The zero-order valence-electron chi connectivity index (χ0n) is 24.8. The molecule has 1 aliphatic rings. The Hall–Kier alpha value is -2.50. The molecule has 1 fully saturated rings. The van der Waals surface area contributed by atoms with E-state index in [1.165, 1.54) is 11.1 Å². The molecule has 8 heteroatoms. The zero-order valence-corrected chi connectivity index (χ0v) is 28.7. The third kappa shape index (κ3) is 6.63. The smallest absolute Gasteiger partial charge is 0.387 e. The minimum absolute atomic E-state index is 0.469. The first-order valence-corrected chi connectivity index (χ1v) is 18.7. The van der Waals surface area contributed by atoms with Gasteiger partial charge in [-0.25, -0.2) is 0 Å². The first-order valence-electron chi connectivity index (χ1n) is 14.8. The van der Waals surface area contributed by atoms with Gasteiger partial charge in [-0.2, -0.15) is 0 Å². The molecule has 5 nitrogen and oxygen atoms in total. The number of ether oxygens (including phenoxy) is 2. The molecule has 0 amide bonds. The number of fused-ring (bicyclic) bond motifs is 3. The Morgan fingerprint density at radius 1 is 0.767 bits per heavy atom. The van der Waals surface area contributed by atoms with E-state index in [1.54, 1.807) is 14.2 Å². The van der Waals surface area contributed by atoms with Crippen LogP contribution in [0.3, 0.4) is 0 Å². The van der Waals surface area contributed by atoms with Crippen LogP contribution in [0.5, 0.6) is 11.5 Å².